The highest BCUT2D eigenvalue weighted by Gasteiger charge is 2.08. The van der Waals surface area contributed by atoms with Crippen LogP contribution in [0.15, 0.2) is 29.2 Å². The van der Waals surface area contributed by atoms with Gasteiger partial charge in [0.1, 0.15) is 0 Å². The summed E-state index contributed by atoms with van der Waals surface area (Å²) in [6.07, 6.45) is 0.644. The molecule has 1 unspecified atom stereocenters. The lowest BCUT2D eigenvalue weighted by molar-refractivity contribution is 0.192. The zero-order chi connectivity index (χ0) is 13.6. The normalized spacial score (nSPS) is 13.6. The number of thioether (sulfide) groups is 1. The Hall–Kier alpha value is -0.510. The van der Waals surface area contributed by atoms with Crippen LogP contribution in [0, 0.1) is 0 Å². The smallest absolute Gasteiger partial charge is 0.0520 e. The SMILES string of the molecule is CC(O)CCSc1ccc(CNC(C)(C)C)cc1. The average Bonchev–Trinajstić information content (AvgIpc) is 2.26. The molecule has 0 aromatic heterocycles. The molecule has 0 saturated heterocycles. The molecule has 0 aliphatic rings. The van der Waals surface area contributed by atoms with Crippen molar-refractivity contribution in [2.24, 2.45) is 0 Å². The van der Waals surface area contributed by atoms with Gasteiger partial charge in [-0.25, -0.2) is 0 Å². The predicted molar refractivity (Wildman–Crippen MR) is 80.1 cm³/mol. The maximum Gasteiger partial charge on any atom is 0.0520 e. The molecule has 2 N–H and O–H groups in total. The molecule has 18 heavy (non-hydrogen) atoms. The number of rotatable bonds is 6. The van der Waals surface area contributed by atoms with Gasteiger partial charge in [0.25, 0.3) is 0 Å². The molecule has 0 fully saturated rings. The highest BCUT2D eigenvalue weighted by molar-refractivity contribution is 7.99. The summed E-state index contributed by atoms with van der Waals surface area (Å²) >= 11 is 1.80. The van der Waals surface area contributed by atoms with E-state index in [1.54, 1.807) is 11.8 Å². The van der Waals surface area contributed by atoms with Gasteiger partial charge in [0.05, 0.1) is 6.10 Å². The molecule has 0 saturated carbocycles. The summed E-state index contributed by atoms with van der Waals surface area (Å²) in [7, 11) is 0. The molecule has 2 nitrogen and oxygen atoms in total. The third-order valence-electron chi connectivity index (χ3n) is 2.55. The van der Waals surface area contributed by atoms with Gasteiger partial charge in [-0.2, -0.15) is 0 Å². The minimum Gasteiger partial charge on any atom is -0.393 e. The van der Waals surface area contributed by atoms with E-state index in [0.717, 1.165) is 18.7 Å². The first-order chi connectivity index (χ1) is 8.37. The predicted octanol–water partition coefficient (Wildman–Crippen LogP) is 3.44. The van der Waals surface area contributed by atoms with Crippen LogP contribution >= 0.6 is 11.8 Å². The van der Waals surface area contributed by atoms with Gasteiger partial charge < -0.3 is 10.4 Å². The van der Waals surface area contributed by atoms with Gasteiger partial charge in [-0.3, -0.25) is 0 Å². The van der Waals surface area contributed by atoms with Crippen molar-refractivity contribution in [3.63, 3.8) is 0 Å². The van der Waals surface area contributed by atoms with Gasteiger partial charge in [-0.05, 0) is 51.8 Å². The lowest BCUT2D eigenvalue weighted by atomic mass is 10.1. The van der Waals surface area contributed by atoms with Crippen molar-refractivity contribution in [2.45, 2.75) is 57.2 Å². The molecule has 0 heterocycles. The van der Waals surface area contributed by atoms with E-state index in [-0.39, 0.29) is 11.6 Å². The number of benzene rings is 1. The molecular weight excluding hydrogens is 242 g/mol. The van der Waals surface area contributed by atoms with E-state index in [1.165, 1.54) is 10.5 Å². The minimum atomic E-state index is -0.201. The van der Waals surface area contributed by atoms with Gasteiger partial charge >= 0.3 is 0 Å². The van der Waals surface area contributed by atoms with Crippen molar-refractivity contribution in [3.8, 4) is 0 Å². The molecule has 1 rings (SSSR count). The molecule has 0 amide bonds. The molecule has 1 aromatic carbocycles. The topological polar surface area (TPSA) is 32.3 Å². The van der Waals surface area contributed by atoms with Crippen molar-refractivity contribution in [1.29, 1.82) is 0 Å². The van der Waals surface area contributed by atoms with E-state index in [9.17, 15) is 5.11 Å². The van der Waals surface area contributed by atoms with E-state index in [1.807, 2.05) is 6.92 Å². The van der Waals surface area contributed by atoms with Crippen molar-refractivity contribution in [1.82, 2.24) is 5.32 Å². The summed E-state index contributed by atoms with van der Waals surface area (Å²) in [6, 6.07) is 8.66. The Morgan fingerprint density at radius 2 is 1.83 bits per heavy atom. The Morgan fingerprint density at radius 1 is 1.22 bits per heavy atom. The highest BCUT2D eigenvalue weighted by atomic mass is 32.2. The Morgan fingerprint density at radius 3 is 2.33 bits per heavy atom. The van der Waals surface area contributed by atoms with Crippen LogP contribution < -0.4 is 5.32 Å². The molecule has 1 atom stereocenters. The lowest BCUT2D eigenvalue weighted by Crippen LogP contribution is -2.35. The molecule has 1 aromatic rings. The maximum atomic E-state index is 9.20. The molecular formula is C15H25NOS. The maximum absolute atomic E-state index is 9.20. The van der Waals surface area contributed by atoms with Gasteiger partial charge in [0, 0.05) is 22.7 Å². The van der Waals surface area contributed by atoms with E-state index < -0.39 is 0 Å². The summed E-state index contributed by atoms with van der Waals surface area (Å²) < 4.78 is 0. The summed E-state index contributed by atoms with van der Waals surface area (Å²) in [6.45, 7) is 9.26. The first-order valence-electron chi connectivity index (χ1n) is 6.52. The average molecular weight is 267 g/mol. The first kappa shape index (κ1) is 15.5. The molecule has 0 bridgehead atoms. The number of aliphatic hydroxyl groups excluding tert-OH is 1. The van der Waals surface area contributed by atoms with Crippen molar-refractivity contribution in [3.05, 3.63) is 29.8 Å². The highest BCUT2D eigenvalue weighted by Crippen LogP contribution is 2.20. The Kier molecular flexibility index (Phi) is 6.19. The third kappa shape index (κ3) is 7.04. The van der Waals surface area contributed by atoms with Crippen LogP contribution in [0.4, 0.5) is 0 Å². The van der Waals surface area contributed by atoms with Gasteiger partial charge in [-0.15, -0.1) is 11.8 Å². The fraction of sp³-hybridized carbons (Fsp3) is 0.600. The van der Waals surface area contributed by atoms with Crippen LogP contribution in [0.25, 0.3) is 0 Å². The second kappa shape index (κ2) is 7.17. The third-order valence-corrected chi connectivity index (χ3v) is 3.60. The minimum absolute atomic E-state index is 0.157. The first-order valence-corrected chi connectivity index (χ1v) is 7.50. The molecule has 3 heteroatoms. The van der Waals surface area contributed by atoms with Crippen LogP contribution in [0.3, 0.4) is 0 Å². The molecule has 0 radical (unpaired) electrons. The van der Waals surface area contributed by atoms with E-state index in [2.05, 4.69) is 50.4 Å². The summed E-state index contributed by atoms with van der Waals surface area (Å²) in [4.78, 5) is 1.27. The largest absolute Gasteiger partial charge is 0.393 e. The molecule has 102 valence electrons. The van der Waals surface area contributed by atoms with Crippen molar-refractivity contribution >= 4 is 11.8 Å². The molecule has 0 aliphatic carbocycles. The number of hydrogen-bond donors (Lipinski definition) is 2. The van der Waals surface area contributed by atoms with Crippen molar-refractivity contribution in [2.75, 3.05) is 5.75 Å². The standard InChI is InChI=1S/C15H25NOS/c1-12(17)9-10-18-14-7-5-13(6-8-14)11-16-15(2,3)4/h5-8,12,16-17H,9-11H2,1-4H3. The van der Waals surface area contributed by atoms with Gasteiger partial charge in [0.2, 0.25) is 0 Å². The Bertz CT molecular complexity index is 341. The zero-order valence-corrected chi connectivity index (χ0v) is 12.7. The van der Waals surface area contributed by atoms with Crippen LogP contribution in [0.5, 0.6) is 0 Å². The van der Waals surface area contributed by atoms with Crippen LogP contribution in [0.2, 0.25) is 0 Å². The summed E-state index contributed by atoms with van der Waals surface area (Å²) in [5.41, 5.74) is 1.47. The number of hydrogen-bond acceptors (Lipinski definition) is 3. The molecule has 0 spiro atoms. The number of aliphatic hydroxyl groups is 1. The quantitative estimate of drug-likeness (QED) is 0.774. The van der Waals surface area contributed by atoms with E-state index in [0.29, 0.717) is 0 Å². The Labute approximate surface area is 115 Å². The Balaban J connectivity index is 2.38. The lowest BCUT2D eigenvalue weighted by Gasteiger charge is -2.20. The number of nitrogens with one attached hydrogen (secondary N) is 1. The summed E-state index contributed by atoms with van der Waals surface area (Å²) in [5, 5.41) is 12.7. The van der Waals surface area contributed by atoms with Crippen LogP contribution in [-0.4, -0.2) is 22.5 Å². The monoisotopic (exact) mass is 267 g/mol. The van der Waals surface area contributed by atoms with Crippen LogP contribution in [-0.2, 0) is 6.54 Å². The van der Waals surface area contributed by atoms with Crippen LogP contribution in [0.1, 0.15) is 39.7 Å². The fourth-order valence-corrected chi connectivity index (χ4v) is 2.44. The second-order valence-electron chi connectivity index (χ2n) is 5.73. The van der Waals surface area contributed by atoms with Gasteiger partial charge in [0.15, 0.2) is 0 Å². The summed E-state index contributed by atoms with van der Waals surface area (Å²) in [5.74, 6) is 0.969. The van der Waals surface area contributed by atoms with Gasteiger partial charge in [-0.1, -0.05) is 12.1 Å². The van der Waals surface area contributed by atoms with E-state index >= 15 is 0 Å². The van der Waals surface area contributed by atoms with Crippen molar-refractivity contribution < 1.29 is 5.11 Å². The zero-order valence-electron chi connectivity index (χ0n) is 11.9. The fourth-order valence-electron chi connectivity index (χ4n) is 1.42. The van der Waals surface area contributed by atoms with E-state index in [4.69, 9.17) is 0 Å². The second-order valence-corrected chi connectivity index (χ2v) is 6.90. The molecule has 0 aliphatic heterocycles.